The molecule has 1 aromatic rings. The first-order valence-corrected chi connectivity index (χ1v) is 5.41. The van der Waals surface area contributed by atoms with Gasteiger partial charge in [0.15, 0.2) is 4.90 Å². The lowest BCUT2D eigenvalue weighted by atomic mass is 10.2. The number of sulfonamides is 1. The zero-order valence-corrected chi connectivity index (χ0v) is 8.70. The number of rotatable bonds is 3. The number of nitrogens with two attached hydrogens (primary N) is 1. The van der Waals surface area contributed by atoms with Crippen molar-refractivity contribution in [3.63, 3.8) is 0 Å². The molecule has 0 saturated carbocycles. The molecular weight excluding hydrogens is 264 g/mol. The highest BCUT2D eigenvalue weighted by atomic mass is 32.2. The van der Waals surface area contributed by atoms with Gasteiger partial charge in [-0.05, 0) is 4.92 Å². The maximum atomic E-state index is 12.5. The van der Waals surface area contributed by atoms with Crippen LogP contribution in [0.3, 0.4) is 0 Å². The summed E-state index contributed by atoms with van der Waals surface area (Å²) in [5.41, 5.74) is -2.86. The second-order valence-electron chi connectivity index (χ2n) is 2.87. The highest BCUT2D eigenvalue weighted by Gasteiger charge is 2.28. The van der Waals surface area contributed by atoms with Crippen molar-refractivity contribution in [3.8, 4) is 0 Å². The summed E-state index contributed by atoms with van der Waals surface area (Å²) in [7, 11) is -4.70. The Bertz CT molecular complexity index is 623. The van der Waals surface area contributed by atoms with E-state index in [0.717, 1.165) is 0 Å². The Morgan fingerprint density at radius 2 is 2.00 bits per heavy atom. The summed E-state index contributed by atoms with van der Waals surface area (Å²) in [6.07, 6.45) is -3.38. The van der Waals surface area contributed by atoms with Crippen LogP contribution in [-0.2, 0) is 10.0 Å². The minimum atomic E-state index is -4.70. The smallest absolute Gasteiger partial charge is 0.352 e. The first-order chi connectivity index (χ1) is 7.64. The molecule has 0 aliphatic heterocycles. The second kappa shape index (κ2) is 4.18. The molecule has 0 fully saturated rings. The molecule has 0 bridgehead atoms. The van der Waals surface area contributed by atoms with Crippen molar-refractivity contribution in [1.82, 2.24) is 4.98 Å². The van der Waals surface area contributed by atoms with Gasteiger partial charge in [-0.15, -0.1) is 0 Å². The van der Waals surface area contributed by atoms with Crippen molar-refractivity contribution < 1.29 is 22.1 Å². The molecule has 0 atom stereocenters. The van der Waals surface area contributed by atoms with Crippen LogP contribution in [0.15, 0.2) is 15.8 Å². The van der Waals surface area contributed by atoms with E-state index in [2.05, 4.69) is 5.14 Å². The number of aromatic amines is 1. The van der Waals surface area contributed by atoms with E-state index in [1.54, 1.807) is 0 Å². The molecule has 0 spiro atoms. The Balaban J connectivity index is 3.74. The molecule has 0 amide bonds. The summed E-state index contributed by atoms with van der Waals surface area (Å²) >= 11 is 0. The van der Waals surface area contributed by atoms with Gasteiger partial charge >= 0.3 is 11.4 Å². The first-order valence-electron chi connectivity index (χ1n) is 3.87. The molecule has 17 heavy (non-hydrogen) atoms. The third-order valence-corrected chi connectivity index (χ3v) is 2.71. The maximum absolute atomic E-state index is 12.5. The van der Waals surface area contributed by atoms with E-state index in [-0.39, 0.29) is 6.07 Å². The summed E-state index contributed by atoms with van der Waals surface area (Å²) in [6, 6.07) is 0.256. The zero-order chi connectivity index (χ0) is 13.4. The van der Waals surface area contributed by atoms with Crippen molar-refractivity contribution in [2.45, 2.75) is 11.3 Å². The van der Waals surface area contributed by atoms with Crippen molar-refractivity contribution in [2.75, 3.05) is 0 Å². The van der Waals surface area contributed by atoms with Gasteiger partial charge in [-0.2, -0.15) is 0 Å². The lowest BCUT2D eigenvalue weighted by Crippen LogP contribution is -2.26. The van der Waals surface area contributed by atoms with Crippen molar-refractivity contribution >= 4 is 15.8 Å². The third kappa shape index (κ3) is 2.62. The fourth-order valence-corrected chi connectivity index (χ4v) is 1.89. The minimum Gasteiger partial charge on any atom is -0.358 e. The molecule has 0 aromatic carbocycles. The van der Waals surface area contributed by atoms with E-state index in [4.69, 9.17) is 0 Å². The summed E-state index contributed by atoms with van der Waals surface area (Å²) in [4.78, 5) is 20.5. The predicted octanol–water partition coefficient (Wildman–Crippen LogP) is -0.132. The molecule has 0 aliphatic rings. The van der Waals surface area contributed by atoms with Gasteiger partial charge in [0, 0.05) is 6.07 Å². The number of halogens is 2. The summed E-state index contributed by atoms with van der Waals surface area (Å²) < 4.78 is 46.8. The molecule has 11 heteroatoms. The lowest BCUT2D eigenvalue weighted by molar-refractivity contribution is -0.389. The molecule has 8 nitrogen and oxygen atoms in total. The number of primary sulfonamides is 1. The van der Waals surface area contributed by atoms with Crippen LogP contribution < -0.4 is 10.7 Å². The maximum Gasteiger partial charge on any atom is 0.352 e. The summed E-state index contributed by atoms with van der Waals surface area (Å²) in [6.45, 7) is 0. The number of nitrogens with one attached hydrogen (secondary N) is 1. The van der Waals surface area contributed by atoms with Crippen molar-refractivity contribution in [1.29, 1.82) is 0 Å². The number of nitrogens with zero attached hydrogens (tertiary/aromatic N) is 1. The fraction of sp³-hybridized carbons (Fsp3) is 0.167. The van der Waals surface area contributed by atoms with Gasteiger partial charge in [-0.25, -0.2) is 32.1 Å². The first kappa shape index (κ1) is 13.2. The SMILES string of the molecule is NS(=O)(=O)c1c(C(F)F)cc([N+](=O)[O-])[nH]c1=O. The van der Waals surface area contributed by atoms with Crippen LogP contribution in [0.5, 0.6) is 0 Å². The van der Waals surface area contributed by atoms with Gasteiger partial charge in [-0.1, -0.05) is 0 Å². The number of nitro groups is 1. The number of hydrogen-bond donors (Lipinski definition) is 2. The Morgan fingerprint density at radius 3 is 2.35 bits per heavy atom. The molecule has 1 rings (SSSR count). The number of H-pyrrole nitrogens is 1. The van der Waals surface area contributed by atoms with Crippen molar-refractivity contribution in [2.24, 2.45) is 5.14 Å². The highest BCUT2D eigenvalue weighted by molar-refractivity contribution is 7.89. The number of alkyl halides is 2. The Hall–Kier alpha value is -1.88. The Kier molecular flexibility index (Phi) is 3.24. The number of pyridine rings is 1. The van der Waals surface area contributed by atoms with Crippen LogP contribution in [0.1, 0.15) is 12.0 Å². The van der Waals surface area contributed by atoms with Gasteiger partial charge in [-0.3, -0.25) is 0 Å². The zero-order valence-electron chi connectivity index (χ0n) is 7.88. The van der Waals surface area contributed by atoms with Gasteiger partial charge < -0.3 is 10.1 Å². The van der Waals surface area contributed by atoms with Crippen LogP contribution in [0.2, 0.25) is 0 Å². The largest absolute Gasteiger partial charge is 0.358 e. The Morgan fingerprint density at radius 1 is 1.47 bits per heavy atom. The summed E-state index contributed by atoms with van der Waals surface area (Å²) in [5, 5.41) is 14.9. The van der Waals surface area contributed by atoms with Crippen LogP contribution in [0.25, 0.3) is 0 Å². The van der Waals surface area contributed by atoms with E-state index in [9.17, 15) is 32.1 Å². The molecule has 3 N–H and O–H groups in total. The molecule has 1 heterocycles. The van der Waals surface area contributed by atoms with Gasteiger partial charge in [0.05, 0.1) is 5.56 Å². The van der Waals surface area contributed by atoms with E-state index in [0.29, 0.717) is 0 Å². The normalized spacial score (nSPS) is 11.8. The number of hydrogen-bond acceptors (Lipinski definition) is 5. The second-order valence-corrected chi connectivity index (χ2v) is 4.37. The highest BCUT2D eigenvalue weighted by Crippen LogP contribution is 2.25. The van der Waals surface area contributed by atoms with Gasteiger partial charge in [0.25, 0.3) is 6.43 Å². The molecule has 94 valence electrons. The Labute approximate surface area is 92.3 Å². The van der Waals surface area contributed by atoms with Crippen LogP contribution in [0, 0.1) is 10.1 Å². The predicted molar refractivity (Wildman–Crippen MR) is 50.0 cm³/mol. The molecule has 1 aromatic heterocycles. The van der Waals surface area contributed by atoms with Crippen LogP contribution in [0.4, 0.5) is 14.6 Å². The van der Waals surface area contributed by atoms with E-state index in [1.165, 1.54) is 4.98 Å². The van der Waals surface area contributed by atoms with Gasteiger partial charge in [0.1, 0.15) is 0 Å². The average Bonchev–Trinajstić information content (AvgIpc) is 2.13. The molecule has 0 saturated heterocycles. The standard InChI is InChI=1S/C6H5F2N3O5S/c7-5(8)2-1-3(11(13)14)10-6(12)4(2)17(9,15)16/h1,5H,(H,10,12)(H2,9,15,16). The monoisotopic (exact) mass is 269 g/mol. The fourth-order valence-electron chi connectivity index (χ4n) is 1.11. The van der Waals surface area contributed by atoms with E-state index in [1.807, 2.05) is 0 Å². The van der Waals surface area contributed by atoms with Gasteiger partial charge in [0.2, 0.25) is 10.0 Å². The number of aromatic nitrogens is 1. The minimum absolute atomic E-state index is 0.256. The van der Waals surface area contributed by atoms with E-state index >= 15 is 0 Å². The molecule has 0 radical (unpaired) electrons. The summed E-state index contributed by atoms with van der Waals surface area (Å²) in [5.74, 6) is -1.04. The topological polar surface area (TPSA) is 136 Å². The molecular formula is C6H5F2N3O5S. The van der Waals surface area contributed by atoms with Crippen molar-refractivity contribution in [3.05, 3.63) is 32.1 Å². The lowest BCUT2D eigenvalue weighted by Gasteiger charge is -2.04. The average molecular weight is 269 g/mol. The molecule has 0 unspecified atom stereocenters. The quantitative estimate of drug-likeness (QED) is 0.581. The molecule has 0 aliphatic carbocycles. The van der Waals surface area contributed by atoms with E-state index < -0.39 is 43.2 Å². The van der Waals surface area contributed by atoms with Crippen LogP contribution >= 0.6 is 0 Å². The third-order valence-electron chi connectivity index (χ3n) is 1.72. The van der Waals surface area contributed by atoms with Crippen LogP contribution in [-0.4, -0.2) is 18.3 Å².